The summed E-state index contributed by atoms with van der Waals surface area (Å²) in [7, 11) is -3.54. The zero-order chi connectivity index (χ0) is 14.9. The lowest BCUT2D eigenvalue weighted by Gasteiger charge is -2.32. The Kier molecular flexibility index (Phi) is 4.73. The van der Waals surface area contributed by atoms with Crippen LogP contribution < -0.4 is 0 Å². The van der Waals surface area contributed by atoms with E-state index in [2.05, 4.69) is 5.10 Å². The van der Waals surface area contributed by atoms with Crippen molar-refractivity contribution in [1.82, 2.24) is 14.1 Å². The summed E-state index contributed by atoms with van der Waals surface area (Å²) < 4.78 is 34.1. The van der Waals surface area contributed by atoms with Gasteiger partial charge < -0.3 is 4.74 Å². The molecule has 0 aliphatic carbocycles. The van der Waals surface area contributed by atoms with Gasteiger partial charge in [0.25, 0.3) is 0 Å². The lowest BCUT2D eigenvalue weighted by atomic mass is 10.3. The molecule has 1 aromatic rings. The van der Waals surface area contributed by atoms with Crippen LogP contribution in [0.1, 0.15) is 18.3 Å². The highest BCUT2D eigenvalue weighted by atomic mass is 35.5. The number of ether oxygens (including phenoxy) is 1. The first-order chi connectivity index (χ1) is 9.39. The average Bonchev–Trinajstić information content (AvgIpc) is 2.65. The highest BCUT2D eigenvalue weighted by Gasteiger charge is 2.35. The van der Waals surface area contributed by atoms with Crippen LogP contribution in [0.15, 0.2) is 4.90 Å². The normalized spacial score (nSPS) is 21.3. The number of sulfonamides is 1. The van der Waals surface area contributed by atoms with Gasteiger partial charge in [-0.05, 0) is 20.8 Å². The molecule has 1 aliphatic rings. The Morgan fingerprint density at radius 2 is 2.15 bits per heavy atom. The summed E-state index contributed by atoms with van der Waals surface area (Å²) in [5, 5.41) is 4.28. The number of aryl methyl sites for hydroxylation is 2. The largest absolute Gasteiger partial charge is 0.378 e. The molecule has 1 atom stereocenters. The van der Waals surface area contributed by atoms with E-state index in [0.29, 0.717) is 48.5 Å². The summed E-state index contributed by atoms with van der Waals surface area (Å²) in [6.07, 6.45) is 0. The number of hydrogen-bond acceptors (Lipinski definition) is 4. The van der Waals surface area contributed by atoms with Crippen LogP contribution in [0.5, 0.6) is 0 Å². The minimum atomic E-state index is -3.54. The van der Waals surface area contributed by atoms with Crippen LogP contribution in [0.25, 0.3) is 0 Å². The molecule has 0 bridgehead atoms. The van der Waals surface area contributed by atoms with E-state index in [1.807, 2.05) is 6.92 Å². The first-order valence-electron chi connectivity index (χ1n) is 6.59. The van der Waals surface area contributed by atoms with Crippen molar-refractivity contribution >= 4 is 21.6 Å². The van der Waals surface area contributed by atoms with E-state index >= 15 is 0 Å². The Hall–Kier alpha value is -0.630. The maximum Gasteiger partial charge on any atom is 0.247 e. The van der Waals surface area contributed by atoms with Crippen LogP contribution in [0.4, 0.5) is 0 Å². The number of aromatic nitrogens is 2. The molecule has 0 spiro atoms. The van der Waals surface area contributed by atoms with E-state index in [-0.39, 0.29) is 6.04 Å². The van der Waals surface area contributed by atoms with Gasteiger partial charge in [-0.15, -0.1) is 11.6 Å². The topological polar surface area (TPSA) is 64.4 Å². The molecule has 2 heterocycles. The molecule has 1 aromatic heterocycles. The SMILES string of the molecule is Cc1nn(CCCl)c(C)c1S(=O)(=O)N1CCOCC1C. The summed E-state index contributed by atoms with van der Waals surface area (Å²) in [4.78, 5) is 0.302. The van der Waals surface area contributed by atoms with Crippen LogP contribution >= 0.6 is 11.6 Å². The maximum absolute atomic E-state index is 12.8. The van der Waals surface area contributed by atoms with E-state index in [0.717, 1.165) is 0 Å². The molecule has 0 amide bonds. The maximum atomic E-state index is 12.8. The molecule has 0 N–H and O–H groups in total. The Morgan fingerprint density at radius 1 is 1.45 bits per heavy atom. The zero-order valence-electron chi connectivity index (χ0n) is 12.0. The smallest absolute Gasteiger partial charge is 0.247 e. The molecule has 1 unspecified atom stereocenters. The van der Waals surface area contributed by atoms with E-state index in [4.69, 9.17) is 16.3 Å². The molecule has 20 heavy (non-hydrogen) atoms. The van der Waals surface area contributed by atoms with Crippen molar-refractivity contribution in [2.24, 2.45) is 0 Å². The van der Waals surface area contributed by atoms with Crippen LogP contribution in [-0.2, 0) is 21.3 Å². The fourth-order valence-electron chi connectivity index (χ4n) is 2.54. The van der Waals surface area contributed by atoms with E-state index in [1.54, 1.807) is 18.5 Å². The molecule has 0 radical (unpaired) electrons. The Bertz CT molecular complexity index is 585. The second kappa shape index (κ2) is 6.01. The number of hydrogen-bond donors (Lipinski definition) is 0. The molecule has 8 heteroatoms. The minimum absolute atomic E-state index is 0.163. The Balaban J connectivity index is 2.43. The highest BCUT2D eigenvalue weighted by molar-refractivity contribution is 7.89. The van der Waals surface area contributed by atoms with Gasteiger partial charge in [0.2, 0.25) is 10.0 Å². The van der Waals surface area contributed by atoms with Crippen LogP contribution in [0.3, 0.4) is 0 Å². The van der Waals surface area contributed by atoms with E-state index < -0.39 is 10.0 Å². The Labute approximate surface area is 124 Å². The molecule has 1 saturated heterocycles. The van der Waals surface area contributed by atoms with Gasteiger partial charge in [0, 0.05) is 18.5 Å². The molecule has 1 fully saturated rings. The second-order valence-electron chi connectivity index (χ2n) is 4.95. The summed E-state index contributed by atoms with van der Waals surface area (Å²) in [6, 6.07) is -0.163. The van der Waals surface area contributed by atoms with Crippen molar-refractivity contribution in [2.45, 2.75) is 38.3 Å². The zero-order valence-corrected chi connectivity index (χ0v) is 13.5. The first-order valence-corrected chi connectivity index (χ1v) is 8.56. The Morgan fingerprint density at radius 3 is 2.75 bits per heavy atom. The van der Waals surface area contributed by atoms with Gasteiger partial charge in [0.05, 0.1) is 31.1 Å². The van der Waals surface area contributed by atoms with Crippen LogP contribution in [0, 0.1) is 13.8 Å². The van der Waals surface area contributed by atoms with Gasteiger partial charge in [-0.1, -0.05) is 0 Å². The fourth-order valence-corrected chi connectivity index (χ4v) is 4.67. The third kappa shape index (κ3) is 2.72. The summed E-state index contributed by atoms with van der Waals surface area (Å²) in [5.74, 6) is 0.398. The van der Waals surface area contributed by atoms with Crippen molar-refractivity contribution in [3.05, 3.63) is 11.4 Å². The van der Waals surface area contributed by atoms with E-state index in [9.17, 15) is 8.42 Å². The van der Waals surface area contributed by atoms with Crippen molar-refractivity contribution in [3.63, 3.8) is 0 Å². The highest BCUT2D eigenvalue weighted by Crippen LogP contribution is 2.26. The van der Waals surface area contributed by atoms with Crippen molar-refractivity contribution in [3.8, 4) is 0 Å². The number of rotatable bonds is 4. The molecule has 0 aromatic carbocycles. The number of nitrogens with zero attached hydrogens (tertiary/aromatic N) is 3. The molecular formula is C12H20ClN3O3S. The van der Waals surface area contributed by atoms with Crippen LogP contribution in [-0.4, -0.2) is 54.2 Å². The van der Waals surface area contributed by atoms with Crippen LogP contribution in [0.2, 0.25) is 0 Å². The van der Waals surface area contributed by atoms with Gasteiger partial charge in [0.1, 0.15) is 4.90 Å². The average molecular weight is 322 g/mol. The van der Waals surface area contributed by atoms with Gasteiger partial charge in [-0.25, -0.2) is 8.42 Å². The monoisotopic (exact) mass is 321 g/mol. The predicted molar refractivity (Wildman–Crippen MR) is 76.6 cm³/mol. The lowest BCUT2D eigenvalue weighted by molar-refractivity contribution is 0.0392. The number of halogens is 1. The molecule has 1 aliphatic heterocycles. The third-order valence-corrected chi connectivity index (χ3v) is 5.92. The second-order valence-corrected chi connectivity index (χ2v) is 7.16. The third-order valence-electron chi connectivity index (χ3n) is 3.48. The molecular weight excluding hydrogens is 302 g/mol. The molecule has 114 valence electrons. The van der Waals surface area contributed by atoms with Crippen molar-refractivity contribution < 1.29 is 13.2 Å². The molecule has 2 rings (SSSR count). The summed E-state index contributed by atoms with van der Waals surface area (Å²) in [5.41, 5.74) is 1.16. The summed E-state index contributed by atoms with van der Waals surface area (Å²) in [6.45, 7) is 7.07. The lowest BCUT2D eigenvalue weighted by Crippen LogP contribution is -2.47. The van der Waals surface area contributed by atoms with Gasteiger partial charge >= 0.3 is 0 Å². The molecule has 6 nitrogen and oxygen atoms in total. The quantitative estimate of drug-likeness (QED) is 0.780. The van der Waals surface area contributed by atoms with Crippen molar-refractivity contribution in [1.29, 1.82) is 0 Å². The predicted octanol–water partition coefficient (Wildman–Crippen LogP) is 1.15. The first kappa shape index (κ1) is 15.8. The molecule has 0 saturated carbocycles. The standard InChI is InChI=1S/C12H20ClN3O3S/c1-9-8-19-7-6-16(9)20(17,18)12-10(2)14-15(5-4-13)11(12)3/h9H,4-8H2,1-3H3. The van der Waals surface area contributed by atoms with Crippen molar-refractivity contribution in [2.75, 3.05) is 25.6 Å². The number of alkyl halides is 1. The minimum Gasteiger partial charge on any atom is -0.378 e. The van der Waals surface area contributed by atoms with Gasteiger partial charge in [-0.2, -0.15) is 9.40 Å². The number of morpholine rings is 1. The van der Waals surface area contributed by atoms with Gasteiger partial charge in [0.15, 0.2) is 0 Å². The fraction of sp³-hybridized carbons (Fsp3) is 0.750. The summed E-state index contributed by atoms with van der Waals surface area (Å²) >= 11 is 5.72. The van der Waals surface area contributed by atoms with E-state index in [1.165, 1.54) is 4.31 Å². The van der Waals surface area contributed by atoms with Gasteiger partial charge in [-0.3, -0.25) is 4.68 Å².